The van der Waals surface area contributed by atoms with E-state index in [1.807, 2.05) is 24.3 Å². The molecule has 0 saturated carbocycles. The van der Waals surface area contributed by atoms with E-state index in [0.29, 0.717) is 17.5 Å². The number of anilines is 1. The molecule has 6 heteroatoms. The number of hydrogen-bond donors (Lipinski definition) is 1. The number of benzene rings is 1. The van der Waals surface area contributed by atoms with Crippen molar-refractivity contribution in [3.8, 4) is 17.3 Å². The predicted octanol–water partition coefficient (Wildman–Crippen LogP) is 4.24. The Balaban J connectivity index is 1.74. The van der Waals surface area contributed by atoms with E-state index in [1.165, 1.54) is 5.56 Å². The quantitative estimate of drug-likeness (QED) is 0.588. The van der Waals surface area contributed by atoms with Crippen LogP contribution in [0.15, 0.2) is 48.7 Å². The molecular weight excluding hydrogens is 344 g/mol. The standard InChI is InChI=1S/C20H18N4OS/c1-12-5-3-6-13(9-12)18-23-17(21)16-11-15(26-20(16)24-18)10-14-7-4-8-22-19(14)25-2/h3-9,11H,10H2,1-2H3,(H2,21,23,24). The number of ether oxygens (including phenoxy) is 1. The SMILES string of the molecule is COc1ncccc1Cc1cc2c(N)nc(-c3cccc(C)c3)nc2s1. The second-order valence-corrected chi connectivity index (χ2v) is 7.20. The number of aromatic nitrogens is 3. The number of rotatable bonds is 4. The smallest absolute Gasteiger partial charge is 0.216 e. The Labute approximate surface area is 155 Å². The lowest BCUT2D eigenvalue weighted by Crippen LogP contribution is -1.96. The Morgan fingerprint density at radius 2 is 2.00 bits per heavy atom. The molecule has 0 saturated heterocycles. The molecule has 0 fully saturated rings. The van der Waals surface area contributed by atoms with E-state index in [9.17, 15) is 0 Å². The molecular formula is C20H18N4OS. The molecule has 0 radical (unpaired) electrons. The van der Waals surface area contributed by atoms with Crippen molar-refractivity contribution in [1.29, 1.82) is 0 Å². The molecule has 26 heavy (non-hydrogen) atoms. The van der Waals surface area contributed by atoms with Crippen LogP contribution in [0.1, 0.15) is 16.0 Å². The summed E-state index contributed by atoms with van der Waals surface area (Å²) in [5.74, 6) is 1.81. The molecule has 0 amide bonds. The molecule has 1 aromatic carbocycles. The average molecular weight is 362 g/mol. The summed E-state index contributed by atoms with van der Waals surface area (Å²) in [6.07, 6.45) is 2.45. The first-order chi connectivity index (χ1) is 12.6. The van der Waals surface area contributed by atoms with Crippen LogP contribution in [0, 0.1) is 6.92 Å². The number of nitrogens with two attached hydrogens (primary N) is 1. The molecule has 0 aliphatic carbocycles. The Kier molecular flexibility index (Phi) is 4.26. The van der Waals surface area contributed by atoms with Crippen LogP contribution in [0.3, 0.4) is 0 Å². The van der Waals surface area contributed by atoms with Gasteiger partial charge in [-0.1, -0.05) is 29.8 Å². The van der Waals surface area contributed by atoms with Crippen LogP contribution < -0.4 is 10.5 Å². The zero-order chi connectivity index (χ0) is 18.1. The number of thiophene rings is 1. The van der Waals surface area contributed by atoms with Gasteiger partial charge in [-0.2, -0.15) is 0 Å². The fraction of sp³-hybridized carbons (Fsp3) is 0.150. The second-order valence-electron chi connectivity index (χ2n) is 6.08. The van der Waals surface area contributed by atoms with Crippen molar-refractivity contribution in [2.75, 3.05) is 12.8 Å². The van der Waals surface area contributed by atoms with E-state index >= 15 is 0 Å². The van der Waals surface area contributed by atoms with Crippen molar-refractivity contribution >= 4 is 27.4 Å². The molecule has 5 nitrogen and oxygen atoms in total. The van der Waals surface area contributed by atoms with Crippen molar-refractivity contribution in [3.05, 3.63) is 64.7 Å². The number of nitrogens with zero attached hydrogens (tertiary/aromatic N) is 3. The summed E-state index contributed by atoms with van der Waals surface area (Å²) in [4.78, 5) is 15.5. The molecule has 130 valence electrons. The van der Waals surface area contributed by atoms with Gasteiger partial charge in [0.25, 0.3) is 0 Å². The fourth-order valence-electron chi connectivity index (χ4n) is 2.92. The van der Waals surface area contributed by atoms with Gasteiger partial charge < -0.3 is 10.5 Å². The van der Waals surface area contributed by atoms with Crippen molar-refractivity contribution in [2.24, 2.45) is 0 Å². The number of methoxy groups -OCH3 is 1. The molecule has 0 aliphatic heterocycles. The van der Waals surface area contributed by atoms with E-state index in [0.717, 1.165) is 32.6 Å². The van der Waals surface area contributed by atoms with Gasteiger partial charge in [0.2, 0.25) is 5.88 Å². The number of aryl methyl sites for hydroxylation is 1. The normalized spacial score (nSPS) is 11.0. The maximum Gasteiger partial charge on any atom is 0.216 e. The highest BCUT2D eigenvalue weighted by molar-refractivity contribution is 7.18. The molecule has 0 spiro atoms. The average Bonchev–Trinajstić information content (AvgIpc) is 3.05. The molecule has 0 atom stereocenters. The summed E-state index contributed by atoms with van der Waals surface area (Å²) < 4.78 is 5.34. The first-order valence-electron chi connectivity index (χ1n) is 8.25. The summed E-state index contributed by atoms with van der Waals surface area (Å²) >= 11 is 1.62. The van der Waals surface area contributed by atoms with E-state index < -0.39 is 0 Å². The third kappa shape index (κ3) is 3.11. The minimum atomic E-state index is 0.507. The van der Waals surface area contributed by atoms with Gasteiger partial charge in [-0.05, 0) is 25.1 Å². The maximum absolute atomic E-state index is 6.21. The lowest BCUT2D eigenvalue weighted by molar-refractivity contribution is 0.393. The van der Waals surface area contributed by atoms with Crippen LogP contribution in [0.4, 0.5) is 5.82 Å². The second kappa shape index (κ2) is 6.72. The highest BCUT2D eigenvalue weighted by atomic mass is 32.1. The van der Waals surface area contributed by atoms with Gasteiger partial charge in [-0.25, -0.2) is 15.0 Å². The Morgan fingerprint density at radius 1 is 1.12 bits per heavy atom. The van der Waals surface area contributed by atoms with Gasteiger partial charge in [-0.15, -0.1) is 11.3 Å². The topological polar surface area (TPSA) is 73.9 Å². The van der Waals surface area contributed by atoms with Gasteiger partial charge in [0.1, 0.15) is 10.6 Å². The highest BCUT2D eigenvalue weighted by Gasteiger charge is 2.13. The van der Waals surface area contributed by atoms with Crippen molar-refractivity contribution in [3.63, 3.8) is 0 Å². The lowest BCUT2D eigenvalue weighted by atomic mass is 10.1. The first-order valence-corrected chi connectivity index (χ1v) is 9.06. The van der Waals surface area contributed by atoms with Crippen molar-refractivity contribution < 1.29 is 4.74 Å². The van der Waals surface area contributed by atoms with Gasteiger partial charge >= 0.3 is 0 Å². The molecule has 0 bridgehead atoms. The summed E-state index contributed by atoms with van der Waals surface area (Å²) in [5, 5.41) is 0.893. The van der Waals surface area contributed by atoms with Crippen LogP contribution in [0.5, 0.6) is 5.88 Å². The van der Waals surface area contributed by atoms with Crippen LogP contribution >= 0.6 is 11.3 Å². The molecule has 3 aromatic heterocycles. The highest BCUT2D eigenvalue weighted by Crippen LogP contribution is 2.32. The Bertz CT molecular complexity index is 1090. The summed E-state index contributed by atoms with van der Waals surface area (Å²) in [7, 11) is 1.63. The summed E-state index contributed by atoms with van der Waals surface area (Å²) in [5.41, 5.74) is 9.39. The Morgan fingerprint density at radius 3 is 2.81 bits per heavy atom. The van der Waals surface area contributed by atoms with E-state index in [1.54, 1.807) is 24.6 Å². The molecule has 4 rings (SSSR count). The van der Waals surface area contributed by atoms with Crippen molar-refractivity contribution in [1.82, 2.24) is 15.0 Å². The third-order valence-electron chi connectivity index (χ3n) is 4.16. The van der Waals surface area contributed by atoms with E-state index in [2.05, 4.69) is 35.1 Å². The molecule has 0 aliphatic rings. The third-order valence-corrected chi connectivity index (χ3v) is 5.19. The van der Waals surface area contributed by atoms with Crippen LogP contribution in [-0.4, -0.2) is 22.1 Å². The van der Waals surface area contributed by atoms with Crippen LogP contribution in [-0.2, 0) is 6.42 Å². The first kappa shape index (κ1) is 16.5. The van der Waals surface area contributed by atoms with Gasteiger partial charge in [0, 0.05) is 28.6 Å². The number of fused-ring (bicyclic) bond motifs is 1. The zero-order valence-corrected chi connectivity index (χ0v) is 15.4. The molecule has 0 unspecified atom stereocenters. The van der Waals surface area contributed by atoms with Gasteiger partial charge in [0.15, 0.2) is 5.82 Å². The van der Waals surface area contributed by atoms with Gasteiger partial charge in [-0.3, -0.25) is 0 Å². The lowest BCUT2D eigenvalue weighted by Gasteiger charge is -2.04. The van der Waals surface area contributed by atoms with E-state index in [4.69, 9.17) is 15.5 Å². The predicted molar refractivity (Wildman–Crippen MR) is 106 cm³/mol. The monoisotopic (exact) mass is 362 g/mol. The number of pyridine rings is 1. The minimum absolute atomic E-state index is 0.507. The number of hydrogen-bond acceptors (Lipinski definition) is 6. The zero-order valence-electron chi connectivity index (χ0n) is 14.6. The molecule has 2 N–H and O–H groups in total. The summed E-state index contributed by atoms with van der Waals surface area (Å²) in [6, 6.07) is 14.1. The Hall–Kier alpha value is -2.99. The number of nitrogen functional groups attached to an aromatic ring is 1. The van der Waals surface area contributed by atoms with E-state index in [-0.39, 0.29) is 0 Å². The van der Waals surface area contributed by atoms with Crippen LogP contribution in [0.25, 0.3) is 21.6 Å². The molecule has 4 aromatic rings. The van der Waals surface area contributed by atoms with Crippen LogP contribution in [0.2, 0.25) is 0 Å². The maximum atomic E-state index is 6.21. The molecule has 3 heterocycles. The fourth-order valence-corrected chi connectivity index (χ4v) is 3.98. The van der Waals surface area contributed by atoms with Crippen molar-refractivity contribution in [2.45, 2.75) is 13.3 Å². The minimum Gasteiger partial charge on any atom is -0.481 e. The summed E-state index contributed by atoms with van der Waals surface area (Å²) in [6.45, 7) is 2.05. The largest absolute Gasteiger partial charge is 0.481 e. The van der Waals surface area contributed by atoms with Gasteiger partial charge in [0.05, 0.1) is 12.5 Å².